The summed E-state index contributed by atoms with van der Waals surface area (Å²) in [4.78, 5) is 14.9. The molecule has 0 radical (unpaired) electrons. The maximum absolute atomic E-state index is 13.1. The standard InChI is InChI=1S/C17H33N3O5S/c1-15(2)25-12-13-26(22,23)20-10-8-19(9-11-20)16(21)17(14-24-3)4-6-18-7-5-17/h15,18H,4-14H2,1-3H3. The summed E-state index contributed by atoms with van der Waals surface area (Å²) in [7, 11) is -1.72. The van der Waals surface area contributed by atoms with Gasteiger partial charge in [-0.3, -0.25) is 4.79 Å². The zero-order valence-corrected chi connectivity index (χ0v) is 17.0. The quantitative estimate of drug-likeness (QED) is 0.622. The first kappa shape index (κ1) is 21.6. The second-order valence-electron chi connectivity index (χ2n) is 7.39. The van der Waals surface area contributed by atoms with Crippen molar-refractivity contribution in [3.63, 3.8) is 0 Å². The first-order valence-electron chi connectivity index (χ1n) is 9.39. The number of piperidine rings is 1. The molecular formula is C17H33N3O5S. The number of nitrogens with one attached hydrogen (secondary N) is 1. The van der Waals surface area contributed by atoms with Gasteiger partial charge >= 0.3 is 0 Å². The topological polar surface area (TPSA) is 88.2 Å². The van der Waals surface area contributed by atoms with Crippen molar-refractivity contribution in [2.45, 2.75) is 32.8 Å². The van der Waals surface area contributed by atoms with E-state index in [1.165, 1.54) is 4.31 Å². The van der Waals surface area contributed by atoms with E-state index in [0.717, 1.165) is 25.9 Å². The Hall–Kier alpha value is -0.740. The zero-order valence-electron chi connectivity index (χ0n) is 16.2. The summed E-state index contributed by atoms with van der Waals surface area (Å²) < 4.78 is 37.0. The van der Waals surface area contributed by atoms with Gasteiger partial charge < -0.3 is 19.7 Å². The van der Waals surface area contributed by atoms with Gasteiger partial charge in [0, 0.05) is 33.3 Å². The van der Waals surface area contributed by atoms with E-state index in [2.05, 4.69) is 5.32 Å². The third kappa shape index (κ3) is 5.39. The van der Waals surface area contributed by atoms with Crippen molar-refractivity contribution in [2.24, 2.45) is 5.41 Å². The van der Waals surface area contributed by atoms with Gasteiger partial charge in [-0.05, 0) is 39.8 Å². The first-order valence-corrected chi connectivity index (χ1v) is 11.0. The van der Waals surface area contributed by atoms with E-state index >= 15 is 0 Å². The van der Waals surface area contributed by atoms with Crippen LogP contribution in [0.1, 0.15) is 26.7 Å². The first-order chi connectivity index (χ1) is 12.3. The minimum Gasteiger partial charge on any atom is -0.384 e. The van der Waals surface area contributed by atoms with Crippen LogP contribution in [0.15, 0.2) is 0 Å². The van der Waals surface area contributed by atoms with E-state index in [0.29, 0.717) is 32.8 Å². The summed E-state index contributed by atoms with van der Waals surface area (Å²) in [5, 5.41) is 3.28. The van der Waals surface area contributed by atoms with E-state index in [1.54, 1.807) is 12.0 Å². The molecule has 0 atom stereocenters. The molecule has 0 aromatic carbocycles. The highest BCUT2D eigenvalue weighted by Crippen LogP contribution is 2.32. The SMILES string of the molecule is COCC1(C(=O)N2CCN(S(=O)(=O)CCOC(C)C)CC2)CCNCC1. The van der Waals surface area contributed by atoms with Crippen LogP contribution < -0.4 is 5.32 Å². The molecule has 2 rings (SSSR count). The average molecular weight is 392 g/mol. The predicted molar refractivity (Wildman–Crippen MR) is 99.4 cm³/mol. The third-order valence-corrected chi connectivity index (χ3v) is 6.98. The van der Waals surface area contributed by atoms with Crippen LogP contribution in [-0.2, 0) is 24.3 Å². The lowest BCUT2D eigenvalue weighted by Gasteiger charge is -2.42. The fourth-order valence-corrected chi connectivity index (χ4v) is 4.91. The molecule has 0 unspecified atom stereocenters. The van der Waals surface area contributed by atoms with Gasteiger partial charge in [-0.2, -0.15) is 4.31 Å². The molecule has 26 heavy (non-hydrogen) atoms. The molecule has 2 aliphatic heterocycles. The highest BCUT2D eigenvalue weighted by molar-refractivity contribution is 7.89. The molecule has 1 amide bonds. The number of sulfonamides is 1. The summed E-state index contributed by atoms with van der Waals surface area (Å²) in [5.41, 5.74) is -0.480. The van der Waals surface area contributed by atoms with E-state index in [-0.39, 0.29) is 24.4 Å². The number of amides is 1. The van der Waals surface area contributed by atoms with Gasteiger partial charge in [0.25, 0.3) is 0 Å². The van der Waals surface area contributed by atoms with Gasteiger partial charge in [0.1, 0.15) is 0 Å². The molecule has 2 saturated heterocycles. The average Bonchev–Trinajstić information content (AvgIpc) is 2.62. The normalized spacial score (nSPS) is 21.9. The lowest BCUT2D eigenvalue weighted by molar-refractivity contribution is -0.148. The molecule has 2 heterocycles. The number of methoxy groups -OCH3 is 1. The van der Waals surface area contributed by atoms with Crippen LogP contribution in [0.4, 0.5) is 0 Å². The van der Waals surface area contributed by atoms with Gasteiger partial charge in [0.05, 0.1) is 30.5 Å². The fraction of sp³-hybridized carbons (Fsp3) is 0.941. The highest BCUT2D eigenvalue weighted by Gasteiger charge is 2.43. The lowest BCUT2D eigenvalue weighted by atomic mass is 9.78. The molecule has 0 saturated carbocycles. The minimum atomic E-state index is -3.34. The van der Waals surface area contributed by atoms with E-state index in [9.17, 15) is 13.2 Å². The third-order valence-electron chi connectivity index (χ3n) is 5.15. The Balaban J connectivity index is 1.91. The van der Waals surface area contributed by atoms with Crippen LogP contribution >= 0.6 is 0 Å². The summed E-state index contributed by atoms with van der Waals surface area (Å²) in [5.74, 6) is 0.0827. The summed E-state index contributed by atoms with van der Waals surface area (Å²) in [6.45, 7) is 7.54. The van der Waals surface area contributed by atoms with Gasteiger partial charge in [-0.25, -0.2) is 8.42 Å². The number of rotatable bonds is 8. The summed E-state index contributed by atoms with van der Waals surface area (Å²) >= 11 is 0. The molecule has 0 aromatic rings. The Kier molecular flexibility index (Phi) is 7.84. The van der Waals surface area contributed by atoms with Crippen LogP contribution in [0.25, 0.3) is 0 Å². The van der Waals surface area contributed by atoms with Crippen molar-refractivity contribution in [1.82, 2.24) is 14.5 Å². The van der Waals surface area contributed by atoms with Crippen molar-refractivity contribution in [3.05, 3.63) is 0 Å². The van der Waals surface area contributed by atoms with Gasteiger partial charge in [-0.1, -0.05) is 0 Å². The number of carbonyl (C=O) groups excluding carboxylic acids is 1. The fourth-order valence-electron chi connectivity index (χ4n) is 3.62. The van der Waals surface area contributed by atoms with E-state index < -0.39 is 15.4 Å². The number of carbonyl (C=O) groups is 1. The Bertz CT molecular complexity index is 547. The Morgan fingerprint density at radius 1 is 1.15 bits per heavy atom. The molecule has 8 nitrogen and oxygen atoms in total. The van der Waals surface area contributed by atoms with E-state index in [1.807, 2.05) is 13.8 Å². The molecule has 0 aliphatic carbocycles. The number of ether oxygens (including phenoxy) is 2. The van der Waals surface area contributed by atoms with Crippen molar-refractivity contribution >= 4 is 15.9 Å². The Morgan fingerprint density at radius 3 is 2.31 bits per heavy atom. The zero-order chi connectivity index (χ0) is 19.2. The van der Waals surface area contributed by atoms with Crippen LogP contribution in [0.5, 0.6) is 0 Å². The van der Waals surface area contributed by atoms with Crippen LogP contribution in [0, 0.1) is 5.41 Å². The molecule has 2 aliphatic rings. The van der Waals surface area contributed by atoms with Crippen molar-refractivity contribution < 1.29 is 22.7 Å². The molecular weight excluding hydrogens is 358 g/mol. The molecule has 2 fully saturated rings. The number of hydrogen-bond acceptors (Lipinski definition) is 6. The largest absolute Gasteiger partial charge is 0.384 e. The highest BCUT2D eigenvalue weighted by atomic mass is 32.2. The molecule has 152 valence electrons. The molecule has 0 spiro atoms. The second kappa shape index (κ2) is 9.45. The minimum absolute atomic E-state index is 0.0154. The van der Waals surface area contributed by atoms with Crippen LogP contribution in [0.2, 0.25) is 0 Å². The maximum Gasteiger partial charge on any atom is 0.231 e. The predicted octanol–water partition coefficient (Wildman–Crippen LogP) is -0.0984. The number of nitrogens with zero attached hydrogens (tertiary/aromatic N) is 2. The van der Waals surface area contributed by atoms with Crippen molar-refractivity contribution in [3.8, 4) is 0 Å². The monoisotopic (exact) mass is 391 g/mol. The molecule has 9 heteroatoms. The summed E-state index contributed by atoms with van der Waals surface area (Å²) in [6.07, 6.45) is 1.52. The summed E-state index contributed by atoms with van der Waals surface area (Å²) in [6, 6.07) is 0. The molecule has 0 bridgehead atoms. The smallest absolute Gasteiger partial charge is 0.231 e. The van der Waals surface area contributed by atoms with Crippen molar-refractivity contribution in [2.75, 3.05) is 65.3 Å². The molecule has 1 N–H and O–H groups in total. The van der Waals surface area contributed by atoms with Crippen LogP contribution in [0.3, 0.4) is 0 Å². The van der Waals surface area contributed by atoms with Gasteiger partial charge in [-0.15, -0.1) is 0 Å². The van der Waals surface area contributed by atoms with Gasteiger partial charge in [0.15, 0.2) is 0 Å². The van der Waals surface area contributed by atoms with Gasteiger partial charge in [0.2, 0.25) is 15.9 Å². The van der Waals surface area contributed by atoms with E-state index in [4.69, 9.17) is 9.47 Å². The number of piperazine rings is 1. The second-order valence-corrected chi connectivity index (χ2v) is 9.48. The molecule has 0 aromatic heterocycles. The number of hydrogen-bond donors (Lipinski definition) is 1. The lowest BCUT2D eigenvalue weighted by Crippen LogP contribution is -2.57. The van der Waals surface area contributed by atoms with Crippen LogP contribution in [-0.4, -0.2) is 95.0 Å². The Morgan fingerprint density at radius 2 is 1.77 bits per heavy atom. The Labute approximate surface area is 157 Å². The van der Waals surface area contributed by atoms with Crippen molar-refractivity contribution in [1.29, 1.82) is 0 Å². The maximum atomic E-state index is 13.1.